The molecule has 0 unspecified atom stereocenters. The molecule has 1 N–H and O–H groups in total. The van der Waals surface area contributed by atoms with Gasteiger partial charge in [0.05, 0.1) is 18.3 Å². The number of aryl methyl sites for hydroxylation is 1. The Bertz CT molecular complexity index is 1540. The normalized spacial score (nSPS) is 19.2. The van der Waals surface area contributed by atoms with Crippen LogP contribution in [0.4, 0.5) is 15.8 Å². The number of anilines is 1. The Hall–Kier alpha value is -4.38. The second kappa shape index (κ2) is 11.4. The zero-order valence-electron chi connectivity index (χ0n) is 22.8. The van der Waals surface area contributed by atoms with Crippen molar-refractivity contribution < 1.29 is 13.9 Å². The monoisotopic (exact) mass is 532 g/mol. The topological polar surface area (TPSA) is 42.8 Å². The molecule has 0 saturated carbocycles. The number of benzene rings is 4. The summed E-state index contributed by atoms with van der Waals surface area (Å²) >= 11 is 0. The van der Waals surface area contributed by atoms with Crippen LogP contribution in [0.3, 0.4) is 0 Å². The minimum absolute atomic E-state index is 0.261. The third kappa shape index (κ3) is 5.50. The molecule has 4 aromatic carbocycles. The van der Waals surface area contributed by atoms with Gasteiger partial charge in [0.15, 0.2) is 11.5 Å². The summed E-state index contributed by atoms with van der Waals surface area (Å²) in [5.74, 6) is 2.01. The maximum Gasteiger partial charge on any atom is 0.161 e. The van der Waals surface area contributed by atoms with E-state index in [0.717, 1.165) is 23.2 Å². The van der Waals surface area contributed by atoms with E-state index in [9.17, 15) is 4.39 Å². The minimum Gasteiger partial charge on any atom is -0.490 e. The summed E-state index contributed by atoms with van der Waals surface area (Å²) in [7, 11) is 0. The van der Waals surface area contributed by atoms with Crippen LogP contribution in [0, 0.1) is 18.7 Å². The van der Waals surface area contributed by atoms with Crippen LogP contribution in [-0.2, 0) is 6.61 Å². The van der Waals surface area contributed by atoms with Gasteiger partial charge < -0.3 is 14.8 Å². The van der Waals surface area contributed by atoms with Gasteiger partial charge in [0, 0.05) is 17.8 Å². The van der Waals surface area contributed by atoms with Crippen molar-refractivity contribution in [2.75, 3.05) is 11.9 Å². The molecule has 4 aromatic rings. The lowest BCUT2D eigenvalue weighted by Gasteiger charge is -2.37. The van der Waals surface area contributed by atoms with Crippen LogP contribution < -0.4 is 14.8 Å². The van der Waals surface area contributed by atoms with Gasteiger partial charge in [0.1, 0.15) is 12.4 Å². The quantitative estimate of drug-likeness (QED) is 0.182. The molecule has 5 heteroatoms. The summed E-state index contributed by atoms with van der Waals surface area (Å²) in [5.41, 5.74) is 7.94. The molecule has 0 saturated heterocycles. The Morgan fingerprint density at radius 1 is 0.925 bits per heavy atom. The molecule has 4 nitrogen and oxygen atoms in total. The highest BCUT2D eigenvalue weighted by molar-refractivity contribution is 5.83. The highest BCUT2D eigenvalue weighted by Crippen LogP contribution is 2.50. The summed E-state index contributed by atoms with van der Waals surface area (Å²) in [4.78, 5) is 4.72. The molecule has 1 heterocycles. The van der Waals surface area contributed by atoms with E-state index in [2.05, 4.69) is 66.9 Å². The van der Waals surface area contributed by atoms with E-state index in [1.54, 1.807) is 12.1 Å². The summed E-state index contributed by atoms with van der Waals surface area (Å²) in [6, 6.07) is 27.6. The van der Waals surface area contributed by atoms with E-state index in [1.807, 2.05) is 31.3 Å². The summed E-state index contributed by atoms with van der Waals surface area (Å²) < 4.78 is 25.0. The highest BCUT2D eigenvalue weighted by Gasteiger charge is 2.37. The number of rotatable bonds is 8. The van der Waals surface area contributed by atoms with Gasteiger partial charge in [-0.25, -0.2) is 4.39 Å². The van der Waals surface area contributed by atoms with Crippen LogP contribution in [0.15, 0.2) is 102 Å². The van der Waals surface area contributed by atoms with E-state index in [0.29, 0.717) is 36.5 Å². The predicted molar refractivity (Wildman–Crippen MR) is 160 cm³/mol. The molecule has 40 heavy (non-hydrogen) atoms. The Kier molecular flexibility index (Phi) is 7.37. The average molecular weight is 533 g/mol. The van der Waals surface area contributed by atoms with Gasteiger partial charge in [-0.1, -0.05) is 54.1 Å². The number of hydrogen-bond donors (Lipinski definition) is 1. The van der Waals surface area contributed by atoms with Gasteiger partial charge >= 0.3 is 0 Å². The standard InChI is InChI=1S/C35H33FN2O2/c1-3-39-34-20-25(10-18-33(34)40-22-24-8-13-27(36)14-9-24)21-37-28-15-11-26(12-16-28)35-30-6-4-5-29(30)31-19-23(2)7-17-32(31)38-35/h4-5,7-21,29-30,35,38H,3,6,22H2,1-2H3/t29-,30+,35+/m1/s1. The van der Waals surface area contributed by atoms with Gasteiger partial charge in [-0.15, -0.1) is 0 Å². The lowest BCUT2D eigenvalue weighted by Crippen LogP contribution is -2.29. The first-order valence-electron chi connectivity index (χ1n) is 13.9. The maximum atomic E-state index is 13.2. The minimum atomic E-state index is -0.261. The van der Waals surface area contributed by atoms with Crippen LogP contribution in [-0.4, -0.2) is 12.8 Å². The molecular weight excluding hydrogens is 499 g/mol. The molecule has 0 spiro atoms. The molecule has 1 aliphatic heterocycles. The third-order valence-corrected chi connectivity index (χ3v) is 7.71. The molecule has 3 atom stereocenters. The smallest absolute Gasteiger partial charge is 0.161 e. The number of nitrogens with zero attached hydrogens (tertiary/aromatic N) is 1. The third-order valence-electron chi connectivity index (χ3n) is 7.71. The van der Waals surface area contributed by atoms with Gasteiger partial charge in [0.2, 0.25) is 0 Å². The van der Waals surface area contributed by atoms with Crippen molar-refractivity contribution in [1.29, 1.82) is 0 Å². The van der Waals surface area contributed by atoms with Crippen LogP contribution in [0.5, 0.6) is 11.5 Å². The van der Waals surface area contributed by atoms with E-state index < -0.39 is 0 Å². The molecule has 6 rings (SSSR count). The van der Waals surface area contributed by atoms with Crippen molar-refractivity contribution in [3.8, 4) is 11.5 Å². The Morgan fingerprint density at radius 3 is 2.55 bits per heavy atom. The molecule has 0 bridgehead atoms. The SMILES string of the molecule is CCOc1cc(C=Nc2ccc([C@@H]3Nc4ccc(C)cc4[C@@H]4C=CC[C@@H]43)cc2)ccc1OCc1ccc(F)cc1. The fourth-order valence-electron chi connectivity index (χ4n) is 5.69. The largest absolute Gasteiger partial charge is 0.490 e. The highest BCUT2D eigenvalue weighted by atomic mass is 19.1. The molecule has 0 aromatic heterocycles. The van der Waals surface area contributed by atoms with Crippen molar-refractivity contribution in [2.45, 2.75) is 38.8 Å². The zero-order chi connectivity index (χ0) is 27.5. The molecule has 0 radical (unpaired) electrons. The van der Waals surface area contributed by atoms with Crippen molar-refractivity contribution in [3.05, 3.63) is 131 Å². The van der Waals surface area contributed by atoms with Gasteiger partial charge in [-0.05, 0) is 97.0 Å². The first-order chi connectivity index (χ1) is 19.6. The predicted octanol–water partition coefficient (Wildman–Crippen LogP) is 8.69. The zero-order valence-corrected chi connectivity index (χ0v) is 22.8. The van der Waals surface area contributed by atoms with Crippen LogP contribution in [0.25, 0.3) is 0 Å². The second-order valence-electron chi connectivity index (χ2n) is 10.5. The van der Waals surface area contributed by atoms with Crippen molar-refractivity contribution in [3.63, 3.8) is 0 Å². The number of halogens is 1. The summed E-state index contributed by atoms with van der Waals surface area (Å²) in [6.07, 6.45) is 7.64. The fourth-order valence-corrected chi connectivity index (χ4v) is 5.69. The van der Waals surface area contributed by atoms with Gasteiger partial charge in [0.25, 0.3) is 0 Å². The molecule has 0 fully saturated rings. The Balaban J connectivity index is 1.15. The lowest BCUT2D eigenvalue weighted by atomic mass is 9.76. The maximum absolute atomic E-state index is 13.2. The fraction of sp³-hybridized carbons (Fsp3) is 0.229. The Morgan fingerprint density at radius 2 is 1.75 bits per heavy atom. The molecule has 0 amide bonds. The number of aliphatic imine (C=N–C) groups is 1. The molecular formula is C35H33FN2O2. The van der Waals surface area contributed by atoms with E-state index in [-0.39, 0.29) is 11.9 Å². The van der Waals surface area contributed by atoms with Crippen molar-refractivity contribution in [1.82, 2.24) is 0 Å². The van der Waals surface area contributed by atoms with Gasteiger partial charge in [-0.3, -0.25) is 4.99 Å². The first kappa shape index (κ1) is 25.9. The molecule has 2 aliphatic rings. The van der Waals surface area contributed by atoms with Crippen molar-refractivity contribution >= 4 is 17.6 Å². The first-order valence-corrected chi connectivity index (χ1v) is 13.9. The van der Waals surface area contributed by atoms with Gasteiger partial charge in [-0.2, -0.15) is 0 Å². The second-order valence-corrected chi connectivity index (χ2v) is 10.5. The number of fused-ring (bicyclic) bond motifs is 3. The molecule has 1 aliphatic carbocycles. The summed E-state index contributed by atoms with van der Waals surface area (Å²) in [6.45, 7) is 4.95. The van der Waals surface area contributed by atoms with Crippen LogP contribution >= 0.6 is 0 Å². The van der Waals surface area contributed by atoms with E-state index >= 15 is 0 Å². The van der Waals surface area contributed by atoms with Crippen molar-refractivity contribution in [2.24, 2.45) is 10.9 Å². The van der Waals surface area contributed by atoms with E-state index in [4.69, 9.17) is 14.5 Å². The number of nitrogens with one attached hydrogen (secondary N) is 1. The number of hydrogen-bond acceptors (Lipinski definition) is 4. The number of ether oxygens (including phenoxy) is 2. The molecule has 202 valence electrons. The Labute approximate surface area is 235 Å². The van der Waals surface area contributed by atoms with Crippen LogP contribution in [0.2, 0.25) is 0 Å². The lowest BCUT2D eigenvalue weighted by molar-refractivity contribution is 0.269. The van der Waals surface area contributed by atoms with E-state index in [1.165, 1.54) is 34.5 Å². The average Bonchev–Trinajstić information content (AvgIpc) is 3.47. The number of allylic oxidation sites excluding steroid dienone is 2. The summed E-state index contributed by atoms with van der Waals surface area (Å²) in [5, 5.41) is 3.81. The van der Waals surface area contributed by atoms with Crippen LogP contribution in [0.1, 0.15) is 53.1 Å².